The zero-order chi connectivity index (χ0) is 16.9. The lowest BCUT2D eigenvalue weighted by atomic mass is 9.96. The third-order valence-corrected chi connectivity index (χ3v) is 3.75. The van der Waals surface area contributed by atoms with Crippen LogP contribution in [0.4, 0.5) is 0 Å². The van der Waals surface area contributed by atoms with Gasteiger partial charge in [0.05, 0.1) is 6.04 Å². The summed E-state index contributed by atoms with van der Waals surface area (Å²) < 4.78 is 0. The lowest BCUT2D eigenvalue weighted by Gasteiger charge is -2.35. The van der Waals surface area contributed by atoms with E-state index in [-0.39, 0.29) is 0 Å². The summed E-state index contributed by atoms with van der Waals surface area (Å²) in [6.07, 6.45) is 0. The van der Waals surface area contributed by atoms with E-state index in [0.717, 1.165) is 26.2 Å². The van der Waals surface area contributed by atoms with Gasteiger partial charge < -0.3 is 5.32 Å². The van der Waals surface area contributed by atoms with Crippen molar-refractivity contribution >= 4 is 0 Å². The Balaban J connectivity index is 0.000000615. The Bertz CT molecular complexity index is 450. The minimum absolute atomic E-state index is 0.379. The fraction of sp³-hybridized carbons (Fsp3) is 0.429. The summed E-state index contributed by atoms with van der Waals surface area (Å²) in [5.41, 5.74) is 2.77. The highest BCUT2D eigenvalue weighted by Crippen LogP contribution is 2.28. The second kappa shape index (κ2) is 11.9. The summed E-state index contributed by atoms with van der Waals surface area (Å²) in [6, 6.07) is 22.0. The molecular weight excluding hydrogens is 280 g/mol. The highest BCUT2D eigenvalue weighted by atomic mass is 15.2. The quantitative estimate of drug-likeness (QED) is 0.881. The van der Waals surface area contributed by atoms with Gasteiger partial charge in [0.2, 0.25) is 0 Å². The SMILES string of the molecule is CC.CC.c1ccc(C(c2ccccc2)N2CCNCC2)cc1. The molecule has 0 unspecified atom stereocenters. The van der Waals surface area contributed by atoms with E-state index >= 15 is 0 Å². The Kier molecular flexibility index (Phi) is 10.0. The molecule has 23 heavy (non-hydrogen) atoms. The molecule has 0 aliphatic carbocycles. The van der Waals surface area contributed by atoms with Gasteiger partial charge in [-0.25, -0.2) is 0 Å². The molecular formula is C21H32N2. The van der Waals surface area contributed by atoms with Gasteiger partial charge in [0.25, 0.3) is 0 Å². The number of nitrogens with zero attached hydrogens (tertiary/aromatic N) is 1. The summed E-state index contributed by atoms with van der Waals surface area (Å²) in [6.45, 7) is 12.4. The standard InChI is InChI=1S/C17H20N2.2C2H6/c1-3-7-15(8-4-1)17(16-9-5-2-6-10-16)19-13-11-18-12-14-19;2*1-2/h1-10,17-18H,11-14H2;2*1-2H3. The smallest absolute Gasteiger partial charge is 0.0602 e. The molecule has 0 saturated carbocycles. The Hall–Kier alpha value is -1.64. The second-order valence-corrected chi connectivity index (χ2v) is 5.01. The average molecular weight is 313 g/mol. The van der Waals surface area contributed by atoms with Crippen molar-refractivity contribution in [1.82, 2.24) is 10.2 Å². The Morgan fingerprint density at radius 1 is 0.696 bits per heavy atom. The van der Waals surface area contributed by atoms with Crippen LogP contribution in [-0.2, 0) is 0 Å². The largest absolute Gasteiger partial charge is 0.314 e. The van der Waals surface area contributed by atoms with Crippen molar-refractivity contribution in [3.63, 3.8) is 0 Å². The van der Waals surface area contributed by atoms with Gasteiger partial charge in [0.15, 0.2) is 0 Å². The summed E-state index contributed by atoms with van der Waals surface area (Å²) in [5, 5.41) is 3.43. The van der Waals surface area contributed by atoms with Crippen LogP contribution < -0.4 is 5.32 Å². The summed E-state index contributed by atoms with van der Waals surface area (Å²) in [5.74, 6) is 0. The van der Waals surface area contributed by atoms with E-state index in [0.29, 0.717) is 6.04 Å². The Labute approximate surface area is 142 Å². The van der Waals surface area contributed by atoms with E-state index in [1.54, 1.807) is 0 Å². The van der Waals surface area contributed by atoms with E-state index in [1.807, 2.05) is 27.7 Å². The van der Waals surface area contributed by atoms with Gasteiger partial charge >= 0.3 is 0 Å². The maximum Gasteiger partial charge on any atom is 0.0602 e. The van der Waals surface area contributed by atoms with Crippen molar-refractivity contribution in [2.45, 2.75) is 33.7 Å². The average Bonchev–Trinajstić information content (AvgIpc) is 2.68. The zero-order valence-electron chi connectivity index (χ0n) is 15.1. The van der Waals surface area contributed by atoms with Crippen molar-refractivity contribution in [2.75, 3.05) is 26.2 Å². The molecule has 1 saturated heterocycles. The number of rotatable bonds is 3. The van der Waals surface area contributed by atoms with Crippen LogP contribution in [0, 0.1) is 0 Å². The molecule has 0 bridgehead atoms. The summed E-state index contributed by atoms with van der Waals surface area (Å²) in [4.78, 5) is 2.57. The zero-order valence-corrected chi connectivity index (χ0v) is 15.1. The molecule has 2 aromatic rings. The normalized spacial score (nSPS) is 14.3. The fourth-order valence-electron chi connectivity index (χ4n) is 2.83. The van der Waals surface area contributed by atoms with Gasteiger partial charge in [-0.3, -0.25) is 4.90 Å². The lowest BCUT2D eigenvalue weighted by molar-refractivity contribution is 0.198. The minimum Gasteiger partial charge on any atom is -0.314 e. The van der Waals surface area contributed by atoms with Crippen LogP contribution in [0.15, 0.2) is 60.7 Å². The molecule has 126 valence electrons. The molecule has 1 N–H and O–H groups in total. The molecule has 0 spiro atoms. The Morgan fingerprint density at radius 2 is 1.09 bits per heavy atom. The number of hydrogen-bond donors (Lipinski definition) is 1. The van der Waals surface area contributed by atoms with E-state index in [9.17, 15) is 0 Å². The van der Waals surface area contributed by atoms with Crippen LogP contribution in [0.3, 0.4) is 0 Å². The van der Waals surface area contributed by atoms with Crippen molar-refractivity contribution in [2.24, 2.45) is 0 Å². The molecule has 2 aromatic carbocycles. The van der Waals surface area contributed by atoms with Gasteiger partial charge in [-0.1, -0.05) is 88.4 Å². The molecule has 2 heteroatoms. The van der Waals surface area contributed by atoms with E-state index in [1.165, 1.54) is 11.1 Å². The van der Waals surface area contributed by atoms with E-state index in [2.05, 4.69) is 70.9 Å². The van der Waals surface area contributed by atoms with Crippen molar-refractivity contribution in [3.8, 4) is 0 Å². The van der Waals surface area contributed by atoms with E-state index < -0.39 is 0 Å². The number of piperazine rings is 1. The molecule has 0 amide bonds. The van der Waals surface area contributed by atoms with Crippen LogP contribution >= 0.6 is 0 Å². The van der Waals surface area contributed by atoms with Gasteiger partial charge in [-0.2, -0.15) is 0 Å². The Morgan fingerprint density at radius 3 is 1.48 bits per heavy atom. The number of nitrogens with one attached hydrogen (secondary N) is 1. The molecule has 1 fully saturated rings. The molecule has 1 aliphatic rings. The molecule has 2 nitrogen and oxygen atoms in total. The molecule has 3 rings (SSSR count). The first-order valence-electron chi connectivity index (χ1n) is 9.00. The number of benzene rings is 2. The van der Waals surface area contributed by atoms with Crippen molar-refractivity contribution < 1.29 is 0 Å². The molecule has 1 heterocycles. The van der Waals surface area contributed by atoms with Crippen LogP contribution in [0.1, 0.15) is 44.9 Å². The predicted octanol–water partition coefficient (Wildman–Crippen LogP) is 4.73. The van der Waals surface area contributed by atoms with Crippen molar-refractivity contribution in [1.29, 1.82) is 0 Å². The van der Waals surface area contributed by atoms with Crippen LogP contribution in [0.5, 0.6) is 0 Å². The highest BCUT2D eigenvalue weighted by Gasteiger charge is 2.23. The molecule has 0 aromatic heterocycles. The molecule has 1 aliphatic heterocycles. The topological polar surface area (TPSA) is 15.3 Å². The van der Waals surface area contributed by atoms with Crippen LogP contribution in [0.25, 0.3) is 0 Å². The van der Waals surface area contributed by atoms with Crippen molar-refractivity contribution in [3.05, 3.63) is 71.8 Å². The molecule has 0 atom stereocenters. The first kappa shape index (κ1) is 19.4. The third kappa shape index (κ3) is 5.81. The van der Waals surface area contributed by atoms with Gasteiger partial charge in [-0.15, -0.1) is 0 Å². The fourth-order valence-corrected chi connectivity index (χ4v) is 2.83. The number of hydrogen-bond acceptors (Lipinski definition) is 2. The lowest BCUT2D eigenvalue weighted by Crippen LogP contribution is -2.45. The van der Waals surface area contributed by atoms with Crippen LogP contribution in [0.2, 0.25) is 0 Å². The van der Waals surface area contributed by atoms with E-state index in [4.69, 9.17) is 0 Å². The van der Waals surface area contributed by atoms with Gasteiger partial charge in [0.1, 0.15) is 0 Å². The predicted molar refractivity (Wildman–Crippen MR) is 102 cm³/mol. The second-order valence-electron chi connectivity index (χ2n) is 5.01. The summed E-state index contributed by atoms with van der Waals surface area (Å²) in [7, 11) is 0. The summed E-state index contributed by atoms with van der Waals surface area (Å²) >= 11 is 0. The minimum atomic E-state index is 0.379. The highest BCUT2D eigenvalue weighted by molar-refractivity contribution is 5.31. The van der Waals surface area contributed by atoms with Gasteiger partial charge in [0, 0.05) is 26.2 Å². The van der Waals surface area contributed by atoms with Gasteiger partial charge in [-0.05, 0) is 11.1 Å². The first-order valence-corrected chi connectivity index (χ1v) is 9.00. The monoisotopic (exact) mass is 312 g/mol. The first-order chi connectivity index (χ1) is 11.4. The molecule has 0 radical (unpaired) electrons. The third-order valence-electron chi connectivity index (χ3n) is 3.75. The maximum absolute atomic E-state index is 3.43. The maximum atomic E-state index is 3.43. The van der Waals surface area contributed by atoms with Crippen LogP contribution in [-0.4, -0.2) is 31.1 Å².